The molecule has 12 rings (SSSR count). The first kappa shape index (κ1) is 31.7. The van der Waals surface area contributed by atoms with Crippen molar-refractivity contribution < 1.29 is 0 Å². The van der Waals surface area contributed by atoms with Crippen molar-refractivity contribution in [2.45, 2.75) is 0 Å². The van der Waals surface area contributed by atoms with Gasteiger partial charge in [-0.2, -0.15) is 0 Å². The molecule has 0 unspecified atom stereocenters. The van der Waals surface area contributed by atoms with E-state index < -0.39 is 0 Å². The molecule has 0 saturated carbocycles. The zero-order valence-corrected chi connectivity index (χ0v) is 31.0. The van der Waals surface area contributed by atoms with Crippen molar-refractivity contribution in [2.75, 3.05) is 0 Å². The number of rotatable bonds is 5. The fraction of sp³-hybridized carbons (Fsp3) is 0. The zero-order valence-electron chi connectivity index (χ0n) is 31.0. The predicted octanol–water partition coefficient (Wildman–Crippen LogP) is 14.3. The van der Waals surface area contributed by atoms with Gasteiger partial charge >= 0.3 is 0 Å². The molecular formula is C54H35N3. The Morgan fingerprint density at radius 2 is 0.649 bits per heavy atom. The van der Waals surface area contributed by atoms with Gasteiger partial charge in [0.1, 0.15) is 0 Å². The molecule has 0 aliphatic carbocycles. The molecule has 0 aliphatic rings. The van der Waals surface area contributed by atoms with Gasteiger partial charge in [-0.25, -0.2) is 0 Å². The first-order valence-corrected chi connectivity index (χ1v) is 19.6. The van der Waals surface area contributed by atoms with Gasteiger partial charge in [0.2, 0.25) is 0 Å². The van der Waals surface area contributed by atoms with E-state index in [-0.39, 0.29) is 0 Å². The molecule has 3 heterocycles. The number of aromatic nitrogens is 3. The Balaban J connectivity index is 1.14. The first-order valence-electron chi connectivity index (χ1n) is 19.6. The summed E-state index contributed by atoms with van der Waals surface area (Å²) in [5, 5.41) is 7.45. The molecule has 0 bridgehead atoms. The van der Waals surface area contributed by atoms with Crippen LogP contribution in [0.3, 0.4) is 0 Å². The minimum absolute atomic E-state index is 1.14. The van der Waals surface area contributed by atoms with Crippen molar-refractivity contribution in [2.24, 2.45) is 0 Å². The van der Waals surface area contributed by atoms with Gasteiger partial charge in [-0.15, -0.1) is 0 Å². The Kier molecular flexibility index (Phi) is 6.93. The van der Waals surface area contributed by atoms with Crippen LogP contribution >= 0.6 is 0 Å². The molecule has 3 heteroatoms. The highest BCUT2D eigenvalue weighted by Crippen LogP contribution is 2.44. The van der Waals surface area contributed by atoms with Crippen LogP contribution in [0.2, 0.25) is 0 Å². The smallest absolute Gasteiger partial charge is 0.0641 e. The average Bonchev–Trinajstić information content (AvgIpc) is 3.93. The fourth-order valence-corrected chi connectivity index (χ4v) is 9.37. The Hall–Kier alpha value is -7.62. The van der Waals surface area contributed by atoms with Crippen molar-refractivity contribution in [1.82, 2.24) is 13.7 Å². The SMILES string of the molecule is c1ccc(-c2ccc(-n3c4ccccc4c4c(-n5c6ccccc6c6ccc7c(c8ccccc8n7-c7ccc(-c8ccccc8)cc7)c65)cccc43)cc2)cc1. The summed E-state index contributed by atoms with van der Waals surface area (Å²) in [6.45, 7) is 0. The van der Waals surface area contributed by atoms with Crippen LogP contribution in [0.5, 0.6) is 0 Å². The lowest BCUT2D eigenvalue weighted by Crippen LogP contribution is -1.97. The zero-order chi connectivity index (χ0) is 37.5. The van der Waals surface area contributed by atoms with Gasteiger partial charge in [0.25, 0.3) is 0 Å². The molecule has 0 radical (unpaired) electrons. The lowest BCUT2D eigenvalue weighted by atomic mass is 10.1. The summed E-state index contributed by atoms with van der Waals surface area (Å²) >= 11 is 0. The van der Waals surface area contributed by atoms with E-state index in [1.54, 1.807) is 0 Å². The molecule has 0 aliphatic heterocycles. The Bertz CT molecular complexity index is 3470. The molecule has 12 aromatic rings. The van der Waals surface area contributed by atoms with Crippen LogP contribution in [0.1, 0.15) is 0 Å². The number of para-hydroxylation sites is 3. The summed E-state index contributed by atoms with van der Waals surface area (Å²) in [6, 6.07) is 77.3. The van der Waals surface area contributed by atoms with Crippen LogP contribution in [0, 0.1) is 0 Å². The number of fused-ring (bicyclic) bond motifs is 10. The van der Waals surface area contributed by atoms with Crippen LogP contribution in [0.25, 0.3) is 105 Å². The van der Waals surface area contributed by atoms with Crippen LogP contribution < -0.4 is 0 Å². The molecule has 0 spiro atoms. The molecule has 9 aromatic carbocycles. The van der Waals surface area contributed by atoms with Crippen molar-refractivity contribution in [1.29, 1.82) is 0 Å². The summed E-state index contributed by atoms with van der Waals surface area (Å²) in [5.41, 5.74) is 15.5. The maximum atomic E-state index is 2.54. The van der Waals surface area contributed by atoms with E-state index in [4.69, 9.17) is 0 Å². The van der Waals surface area contributed by atoms with Crippen LogP contribution in [0.15, 0.2) is 212 Å². The van der Waals surface area contributed by atoms with Crippen molar-refractivity contribution >= 4 is 65.4 Å². The maximum Gasteiger partial charge on any atom is 0.0641 e. The standard InChI is InChI=1S/C54H35N3/c1-3-14-36(15-4-1)38-26-30-40(31-27-38)55-47-22-11-8-19-44(47)52-49(55)24-13-25-50(52)57-46-21-10-7-18-42(46)43-34-35-51-53(54(43)57)45-20-9-12-23-48(45)56(51)41-32-28-39(29-33-41)37-16-5-2-6-17-37/h1-35H. The first-order chi connectivity index (χ1) is 28.3. The van der Waals surface area contributed by atoms with Gasteiger partial charge in [-0.3, -0.25) is 0 Å². The van der Waals surface area contributed by atoms with E-state index >= 15 is 0 Å². The summed E-state index contributed by atoms with van der Waals surface area (Å²) in [5.74, 6) is 0. The number of nitrogens with zero attached hydrogens (tertiary/aromatic N) is 3. The van der Waals surface area contributed by atoms with E-state index in [1.807, 2.05) is 0 Å². The van der Waals surface area contributed by atoms with Crippen molar-refractivity contribution in [3.63, 3.8) is 0 Å². The monoisotopic (exact) mass is 725 g/mol. The van der Waals surface area contributed by atoms with Gasteiger partial charge in [-0.05, 0) is 82.9 Å². The largest absolute Gasteiger partial charge is 0.309 e. The fourth-order valence-electron chi connectivity index (χ4n) is 9.37. The molecule has 0 amide bonds. The second-order valence-corrected chi connectivity index (χ2v) is 14.9. The third kappa shape index (κ3) is 4.73. The predicted molar refractivity (Wildman–Crippen MR) is 240 cm³/mol. The Morgan fingerprint density at radius 3 is 1.21 bits per heavy atom. The molecule has 57 heavy (non-hydrogen) atoms. The highest BCUT2D eigenvalue weighted by Gasteiger charge is 2.23. The van der Waals surface area contributed by atoms with Crippen LogP contribution in [0.4, 0.5) is 0 Å². The molecule has 0 fully saturated rings. The summed E-state index contributed by atoms with van der Waals surface area (Å²) in [6.07, 6.45) is 0. The van der Waals surface area contributed by atoms with Gasteiger partial charge in [-0.1, -0.05) is 152 Å². The molecule has 3 nitrogen and oxygen atoms in total. The van der Waals surface area contributed by atoms with E-state index in [0.29, 0.717) is 0 Å². The number of benzene rings is 9. The summed E-state index contributed by atoms with van der Waals surface area (Å²) in [4.78, 5) is 0. The third-order valence-electron chi connectivity index (χ3n) is 11.9. The van der Waals surface area contributed by atoms with E-state index in [9.17, 15) is 0 Å². The Morgan fingerprint density at radius 1 is 0.228 bits per heavy atom. The van der Waals surface area contributed by atoms with Gasteiger partial charge in [0, 0.05) is 43.7 Å². The van der Waals surface area contributed by atoms with Crippen LogP contribution in [-0.2, 0) is 0 Å². The molecule has 0 N–H and O–H groups in total. The van der Waals surface area contributed by atoms with E-state index in [2.05, 4.69) is 226 Å². The quantitative estimate of drug-likeness (QED) is 0.168. The van der Waals surface area contributed by atoms with E-state index in [0.717, 1.165) is 11.4 Å². The highest BCUT2D eigenvalue weighted by atomic mass is 15.0. The topological polar surface area (TPSA) is 14.8 Å². The van der Waals surface area contributed by atoms with Gasteiger partial charge in [0.05, 0.1) is 38.8 Å². The lowest BCUT2D eigenvalue weighted by molar-refractivity contribution is 1.17. The summed E-state index contributed by atoms with van der Waals surface area (Å²) in [7, 11) is 0. The summed E-state index contributed by atoms with van der Waals surface area (Å²) < 4.78 is 7.41. The highest BCUT2D eigenvalue weighted by molar-refractivity contribution is 6.27. The lowest BCUT2D eigenvalue weighted by Gasteiger charge is -2.13. The molecular weight excluding hydrogens is 691 g/mol. The minimum atomic E-state index is 1.14. The van der Waals surface area contributed by atoms with Crippen molar-refractivity contribution in [3.8, 4) is 39.3 Å². The molecule has 0 saturated heterocycles. The van der Waals surface area contributed by atoms with Crippen LogP contribution in [-0.4, -0.2) is 13.7 Å². The normalized spacial score (nSPS) is 11.9. The maximum absolute atomic E-state index is 2.54. The molecule has 266 valence electrons. The van der Waals surface area contributed by atoms with Gasteiger partial charge < -0.3 is 13.7 Å². The number of hydrogen-bond acceptors (Lipinski definition) is 0. The second-order valence-electron chi connectivity index (χ2n) is 14.9. The van der Waals surface area contributed by atoms with Gasteiger partial charge in [0.15, 0.2) is 0 Å². The second kappa shape index (κ2) is 12.5. The van der Waals surface area contributed by atoms with Crippen molar-refractivity contribution in [3.05, 3.63) is 212 Å². The molecule has 0 atom stereocenters. The average molecular weight is 726 g/mol. The third-order valence-corrected chi connectivity index (χ3v) is 11.9. The number of hydrogen-bond donors (Lipinski definition) is 0. The van der Waals surface area contributed by atoms with E-state index in [1.165, 1.54) is 93.4 Å². The molecule has 3 aromatic heterocycles. The Labute approximate surface area is 329 Å². The minimum Gasteiger partial charge on any atom is -0.309 e.